The van der Waals surface area contributed by atoms with Gasteiger partial charge in [0.05, 0.1) is 12.9 Å². The Morgan fingerprint density at radius 1 is 0.882 bits per heavy atom. The molecule has 8 heteroatoms. The molecule has 0 saturated heterocycles. The summed E-state index contributed by atoms with van der Waals surface area (Å²) in [6.07, 6.45) is 0. The van der Waals surface area contributed by atoms with E-state index >= 15 is 0 Å². The number of benzene rings is 3. The van der Waals surface area contributed by atoms with Gasteiger partial charge in [-0.3, -0.25) is 9.36 Å². The lowest BCUT2D eigenvalue weighted by Gasteiger charge is -2.12. The molecule has 0 aliphatic carbocycles. The number of ether oxygens (including phenoxy) is 2. The maximum atomic E-state index is 12.5. The topological polar surface area (TPSA) is 78.3 Å². The standard InChI is InChI=1S/C26H26N4O3S/c1-18-4-8-20(9-5-18)27-25(31)17-34-26-29-28-24(16-33-23-12-6-19(2)7-13-23)30(26)21-10-14-22(32-3)15-11-21/h4-15H,16-17H2,1-3H3,(H,27,31). The van der Waals surface area contributed by atoms with E-state index in [1.54, 1.807) is 7.11 Å². The summed E-state index contributed by atoms with van der Waals surface area (Å²) in [6.45, 7) is 4.27. The molecule has 7 nitrogen and oxygen atoms in total. The van der Waals surface area contributed by atoms with Gasteiger partial charge in [-0.05, 0) is 62.4 Å². The van der Waals surface area contributed by atoms with Crippen molar-refractivity contribution in [3.63, 3.8) is 0 Å². The SMILES string of the molecule is COc1ccc(-n2c(COc3ccc(C)cc3)nnc2SCC(=O)Nc2ccc(C)cc2)cc1. The van der Waals surface area contributed by atoms with Crippen LogP contribution in [0, 0.1) is 13.8 Å². The summed E-state index contributed by atoms with van der Waals surface area (Å²) in [6, 6.07) is 23.1. The highest BCUT2D eigenvalue weighted by Crippen LogP contribution is 2.25. The Hall–Kier alpha value is -3.78. The number of aromatic nitrogens is 3. The zero-order valence-corrected chi connectivity index (χ0v) is 20.1. The Kier molecular flexibility index (Phi) is 7.49. The molecule has 1 heterocycles. The van der Waals surface area contributed by atoms with Crippen molar-refractivity contribution in [1.82, 2.24) is 14.8 Å². The van der Waals surface area contributed by atoms with Crippen molar-refractivity contribution in [3.05, 3.63) is 89.7 Å². The zero-order valence-electron chi connectivity index (χ0n) is 19.3. The molecule has 0 saturated carbocycles. The maximum Gasteiger partial charge on any atom is 0.234 e. The van der Waals surface area contributed by atoms with E-state index in [2.05, 4.69) is 15.5 Å². The molecule has 0 spiro atoms. The molecule has 3 aromatic carbocycles. The number of methoxy groups -OCH3 is 1. The van der Waals surface area contributed by atoms with Crippen LogP contribution in [0.4, 0.5) is 5.69 Å². The fraction of sp³-hybridized carbons (Fsp3) is 0.192. The maximum absolute atomic E-state index is 12.5. The van der Waals surface area contributed by atoms with E-state index in [1.165, 1.54) is 11.8 Å². The fourth-order valence-electron chi connectivity index (χ4n) is 3.22. The second-order valence-electron chi connectivity index (χ2n) is 7.74. The summed E-state index contributed by atoms with van der Waals surface area (Å²) >= 11 is 1.32. The number of aryl methyl sites for hydroxylation is 2. The number of rotatable bonds is 9. The van der Waals surface area contributed by atoms with Gasteiger partial charge in [-0.15, -0.1) is 10.2 Å². The molecule has 0 atom stereocenters. The molecule has 4 aromatic rings. The molecule has 0 fully saturated rings. The third kappa shape index (κ3) is 5.96. The van der Waals surface area contributed by atoms with E-state index in [-0.39, 0.29) is 18.3 Å². The zero-order chi connectivity index (χ0) is 23.9. The number of anilines is 1. The van der Waals surface area contributed by atoms with E-state index in [4.69, 9.17) is 9.47 Å². The number of carbonyl (C=O) groups excluding carboxylic acids is 1. The quantitative estimate of drug-likeness (QED) is 0.336. The molecule has 34 heavy (non-hydrogen) atoms. The van der Waals surface area contributed by atoms with Crippen LogP contribution in [-0.4, -0.2) is 33.5 Å². The number of nitrogens with one attached hydrogen (secondary N) is 1. The number of carbonyl (C=O) groups is 1. The van der Waals surface area contributed by atoms with Gasteiger partial charge in [0.25, 0.3) is 0 Å². The average Bonchev–Trinajstić information content (AvgIpc) is 3.26. The molecule has 4 rings (SSSR count). The van der Waals surface area contributed by atoms with Gasteiger partial charge in [0.2, 0.25) is 5.91 Å². The van der Waals surface area contributed by atoms with Crippen molar-refractivity contribution in [3.8, 4) is 17.2 Å². The van der Waals surface area contributed by atoms with Gasteiger partial charge in [-0.25, -0.2) is 0 Å². The molecule has 1 aromatic heterocycles. The third-order valence-electron chi connectivity index (χ3n) is 5.09. The normalized spacial score (nSPS) is 10.7. The van der Waals surface area contributed by atoms with Gasteiger partial charge in [-0.1, -0.05) is 47.2 Å². The molecule has 0 radical (unpaired) electrons. The van der Waals surface area contributed by atoms with Crippen LogP contribution in [0.1, 0.15) is 17.0 Å². The third-order valence-corrected chi connectivity index (χ3v) is 6.02. The van der Waals surface area contributed by atoms with Crippen LogP contribution in [0.3, 0.4) is 0 Å². The minimum Gasteiger partial charge on any atom is -0.497 e. The highest BCUT2D eigenvalue weighted by Gasteiger charge is 2.17. The molecular weight excluding hydrogens is 448 g/mol. The van der Waals surface area contributed by atoms with Crippen LogP contribution in [0.5, 0.6) is 11.5 Å². The summed E-state index contributed by atoms with van der Waals surface area (Å²) in [7, 11) is 1.63. The molecule has 1 N–H and O–H groups in total. The van der Waals surface area contributed by atoms with Crippen LogP contribution < -0.4 is 14.8 Å². The van der Waals surface area contributed by atoms with Crippen LogP contribution in [0.2, 0.25) is 0 Å². The fourth-order valence-corrected chi connectivity index (χ4v) is 4.00. The van der Waals surface area contributed by atoms with E-state index < -0.39 is 0 Å². The summed E-state index contributed by atoms with van der Waals surface area (Å²) in [4.78, 5) is 12.5. The van der Waals surface area contributed by atoms with Crippen molar-refractivity contribution in [2.75, 3.05) is 18.2 Å². The lowest BCUT2D eigenvalue weighted by atomic mass is 10.2. The summed E-state index contributed by atoms with van der Waals surface area (Å²) in [5.74, 6) is 2.21. The lowest BCUT2D eigenvalue weighted by molar-refractivity contribution is -0.113. The first-order valence-corrected chi connectivity index (χ1v) is 11.8. The number of thioether (sulfide) groups is 1. The minimum absolute atomic E-state index is 0.115. The minimum atomic E-state index is -0.115. The summed E-state index contributed by atoms with van der Waals surface area (Å²) in [5, 5.41) is 12.2. The highest BCUT2D eigenvalue weighted by molar-refractivity contribution is 7.99. The molecule has 174 valence electrons. The van der Waals surface area contributed by atoms with Gasteiger partial charge in [0, 0.05) is 11.4 Å². The second kappa shape index (κ2) is 10.9. The van der Waals surface area contributed by atoms with Gasteiger partial charge in [-0.2, -0.15) is 0 Å². The summed E-state index contributed by atoms with van der Waals surface area (Å²) < 4.78 is 13.1. The predicted octanol–water partition coefficient (Wildman–Crippen LogP) is 5.20. The number of hydrogen-bond donors (Lipinski definition) is 1. The first kappa shape index (κ1) is 23.4. The lowest BCUT2D eigenvalue weighted by Crippen LogP contribution is -2.14. The van der Waals surface area contributed by atoms with Crippen LogP contribution in [0.25, 0.3) is 5.69 Å². The van der Waals surface area contributed by atoms with E-state index in [0.29, 0.717) is 11.0 Å². The Morgan fingerprint density at radius 2 is 1.50 bits per heavy atom. The largest absolute Gasteiger partial charge is 0.497 e. The van der Waals surface area contributed by atoms with Gasteiger partial charge in [0.1, 0.15) is 18.1 Å². The Balaban J connectivity index is 1.51. The van der Waals surface area contributed by atoms with Crippen LogP contribution >= 0.6 is 11.8 Å². The molecular formula is C26H26N4O3S. The Labute approximate surface area is 203 Å². The van der Waals surface area contributed by atoms with Crippen molar-refractivity contribution in [2.24, 2.45) is 0 Å². The molecule has 0 aliphatic rings. The van der Waals surface area contributed by atoms with E-state index in [9.17, 15) is 4.79 Å². The second-order valence-corrected chi connectivity index (χ2v) is 8.68. The van der Waals surface area contributed by atoms with Gasteiger partial charge in [0.15, 0.2) is 11.0 Å². The Bertz CT molecular complexity index is 1240. The van der Waals surface area contributed by atoms with Crippen molar-refractivity contribution in [2.45, 2.75) is 25.6 Å². The van der Waals surface area contributed by atoms with Crippen molar-refractivity contribution < 1.29 is 14.3 Å². The first-order chi connectivity index (χ1) is 16.5. The van der Waals surface area contributed by atoms with Gasteiger partial charge >= 0.3 is 0 Å². The predicted molar refractivity (Wildman–Crippen MR) is 134 cm³/mol. The van der Waals surface area contributed by atoms with E-state index in [1.807, 2.05) is 91.2 Å². The molecule has 0 bridgehead atoms. The smallest absolute Gasteiger partial charge is 0.234 e. The highest BCUT2D eigenvalue weighted by atomic mass is 32.2. The number of hydrogen-bond acceptors (Lipinski definition) is 6. The first-order valence-electron chi connectivity index (χ1n) is 10.8. The average molecular weight is 475 g/mol. The van der Waals surface area contributed by atoms with Crippen molar-refractivity contribution in [1.29, 1.82) is 0 Å². The number of nitrogens with zero attached hydrogens (tertiary/aromatic N) is 3. The Morgan fingerprint density at radius 3 is 2.15 bits per heavy atom. The van der Waals surface area contributed by atoms with E-state index in [0.717, 1.165) is 34.0 Å². The monoisotopic (exact) mass is 474 g/mol. The van der Waals surface area contributed by atoms with Crippen molar-refractivity contribution >= 4 is 23.4 Å². The summed E-state index contributed by atoms with van der Waals surface area (Å²) in [5.41, 5.74) is 3.92. The van der Waals surface area contributed by atoms with Crippen LogP contribution in [0.15, 0.2) is 78.0 Å². The molecule has 1 amide bonds. The number of amides is 1. The molecule has 0 aliphatic heterocycles. The van der Waals surface area contributed by atoms with Crippen LogP contribution in [-0.2, 0) is 11.4 Å². The molecule has 0 unspecified atom stereocenters. The van der Waals surface area contributed by atoms with Gasteiger partial charge < -0.3 is 14.8 Å².